The molecule has 0 aromatic rings. The van der Waals surface area contributed by atoms with E-state index in [1.165, 1.54) is 38.5 Å². The summed E-state index contributed by atoms with van der Waals surface area (Å²) in [6.45, 7) is 3.22. The lowest BCUT2D eigenvalue weighted by atomic mass is 9.86. The first-order valence-corrected chi connectivity index (χ1v) is 21.0. The van der Waals surface area contributed by atoms with E-state index in [9.17, 15) is 24.4 Å². The Morgan fingerprint density at radius 3 is 1.23 bits per heavy atom. The van der Waals surface area contributed by atoms with Crippen molar-refractivity contribution in [2.45, 2.75) is 154 Å². The van der Waals surface area contributed by atoms with Crippen molar-refractivity contribution in [3.05, 3.63) is 97.2 Å². The third-order valence-electron chi connectivity index (χ3n) is 8.18. The lowest BCUT2D eigenvalue weighted by Gasteiger charge is -2.30. The molecule has 0 aromatic heterocycles. The fourth-order valence-corrected chi connectivity index (χ4v) is 5.38. The number of Topliss-reactive ketones (excluding diaryl/α,β-unsaturated/α-hetero) is 2. The van der Waals surface area contributed by atoms with Gasteiger partial charge in [-0.2, -0.15) is 0 Å². The molecule has 0 amide bonds. The van der Waals surface area contributed by atoms with Gasteiger partial charge in [-0.05, 0) is 89.9 Å². The van der Waals surface area contributed by atoms with Gasteiger partial charge in [0.25, 0.3) is 0 Å². The Balaban J connectivity index is 4.54. The summed E-state index contributed by atoms with van der Waals surface area (Å²) in [5.41, 5.74) is -2.76. The zero-order valence-corrected chi connectivity index (χ0v) is 32.9. The number of phosphoric ester groups is 1. The molecule has 9 heteroatoms. The zero-order chi connectivity index (χ0) is 38.6. The predicted octanol–water partition coefficient (Wildman–Crippen LogP) is 10.6. The van der Waals surface area contributed by atoms with Gasteiger partial charge in [0, 0.05) is 12.8 Å². The number of hydrogen-bond acceptors (Lipinski definition) is 6. The van der Waals surface area contributed by atoms with E-state index in [0.29, 0.717) is 25.7 Å². The molecule has 0 radical (unpaired) electrons. The minimum absolute atomic E-state index is 0.118. The summed E-state index contributed by atoms with van der Waals surface area (Å²) in [7, 11) is -5.07. The minimum Gasteiger partial charge on any atom is -0.382 e. The van der Waals surface area contributed by atoms with Gasteiger partial charge >= 0.3 is 7.82 Å². The maximum absolute atomic E-state index is 13.0. The molecule has 0 aliphatic heterocycles. The highest BCUT2D eigenvalue weighted by atomic mass is 31.2. The smallest absolute Gasteiger partial charge is 0.382 e. The van der Waals surface area contributed by atoms with Crippen LogP contribution in [0, 0.1) is 0 Å². The second-order valence-electron chi connectivity index (χ2n) is 12.9. The number of hydrogen-bond donors (Lipinski definition) is 4. The van der Waals surface area contributed by atoms with Crippen molar-refractivity contribution in [2.24, 2.45) is 0 Å². The fourth-order valence-electron chi connectivity index (χ4n) is 5.01. The molecule has 294 valence electrons. The van der Waals surface area contributed by atoms with Gasteiger partial charge in [-0.25, -0.2) is 4.57 Å². The number of allylic oxidation sites excluding steroid dienone is 16. The van der Waals surface area contributed by atoms with Crippen molar-refractivity contribution < 1.29 is 38.7 Å². The van der Waals surface area contributed by atoms with Crippen LogP contribution in [0.2, 0.25) is 0 Å². The summed E-state index contributed by atoms with van der Waals surface area (Å²) < 4.78 is 15.7. The van der Waals surface area contributed by atoms with Gasteiger partial charge in [-0.3, -0.25) is 14.1 Å². The van der Waals surface area contributed by atoms with Gasteiger partial charge in [0.05, 0.1) is 6.61 Å². The Kier molecular flexibility index (Phi) is 32.3. The van der Waals surface area contributed by atoms with Crippen LogP contribution < -0.4 is 0 Å². The standard InChI is InChI=1S/C43H69O8P/c1-3-5-7-9-11-13-15-17-19-21-23-25-27-29-31-33-35-37-40(44)42(46)43(47,39-51-52(48,49)50)41(45)38-36-34-32-30-28-26-24-22-20-18-16-14-12-10-8-6-4-2/h11-14,17-20,23-26,29-32,42,46-47H,3-10,15-16,21-22,27-28,33-39H2,1-2H3,(H2,48,49,50)/b13-11-,14-12-,19-17-,20-18-,25-23-,26-24-,31-29-,32-30-. The first-order chi connectivity index (χ1) is 25.1. The maximum Gasteiger partial charge on any atom is 0.469 e. The van der Waals surface area contributed by atoms with Gasteiger partial charge in [-0.15, -0.1) is 0 Å². The molecule has 0 aliphatic rings. The van der Waals surface area contributed by atoms with Gasteiger partial charge in [0.2, 0.25) is 0 Å². The molecule has 0 spiro atoms. The monoisotopic (exact) mass is 744 g/mol. The summed E-state index contributed by atoms with van der Waals surface area (Å²) in [4.78, 5) is 44.0. The number of carbonyl (C=O) groups is 2. The number of rotatable bonds is 34. The van der Waals surface area contributed by atoms with E-state index in [0.717, 1.165) is 51.4 Å². The average Bonchev–Trinajstić information content (AvgIpc) is 3.12. The van der Waals surface area contributed by atoms with Crippen molar-refractivity contribution >= 4 is 19.4 Å². The van der Waals surface area contributed by atoms with E-state index in [1.807, 2.05) is 24.3 Å². The number of carbonyl (C=O) groups excluding carboxylic acids is 2. The van der Waals surface area contributed by atoms with Gasteiger partial charge in [0.1, 0.15) is 0 Å². The van der Waals surface area contributed by atoms with E-state index in [4.69, 9.17) is 9.79 Å². The first kappa shape index (κ1) is 49.3. The topological polar surface area (TPSA) is 141 Å². The largest absolute Gasteiger partial charge is 0.469 e. The SMILES string of the molecule is CCCCC/C=C\C/C=C\C/C=C\C/C=C\CCCC(=O)C(O)C(O)(COP(=O)(O)O)C(=O)CCC/C=C\C/C=C\C/C=C\C/C=C\CCCCC. The third-order valence-corrected chi connectivity index (χ3v) is 8.64. The van der Waals surface area contributed by atoms with Crippen LogP contribution in [0.3, 0.4) is 0 Å². The molecule has 0 heterocycles. The molecule has 0 aromatic carbocycles. The van der Waals surface area contributed by atoms with Gasteiger partial charge < -0.3 is 20.0 Å². The minimum atomic E-state index is -5.07. The van der Waals surface area contributed by atoms with Crippen molar-refractivity contribution in [1.82, 2.24) is 0 Å². The molecule has 4 N–H and O–H groups in total. The summed E-state index contributed by atoms with van der Waals surface area (Å²) in [5, 5.41) is 21.7. The van der Waals surface area contributed by atoms with E-state index < -0.39 is 37.7 Å². The fraction of sp³-hybridized carbons (Fsp3) is 0.581. The van der Waals surface area contributed by atoms with Crippen LogP contribution >= 0.6 is 7.82 Å². The first-order valence-electron chi connectivity index (χ1n) is 19.4. The van der Waals surface area contributed by atoms with Crippen LogP contribution in [0.15, 0.2) is 97.2 Å². The van der Waals surface area contributed by atoms with Crippen molar-refractivity contribution in [1.29, 1.82) is 0 Å². The molecule has 52 heavy (non-hydrogen) atoms. The van der Waals surface area contributed by atoms with Crippen LogP contribution in [-0.2, 0) is 18.7 Å². The predicted molar refractivity (Wildman–Crippen MR) is 216 cm³/mol. The summed E-state index contributed by atoms with van der Waals surface area (Å²) >= 11 is 0. The second kappa shape index (κ2) is 34.1. The molecule has 2 atom stereocenters. The molecule has 0 bridgehead atoms. The molecule has 0 saturated carbocycles. The van der Waals surface area contributed by atoms with Crippen LogP contribution in [0.4, 0.5) is 0 Å². The highest BCUT2D eigenvalue weighted by molar-refractivity contribution is 7.46. The summed E-state index contributed by atoms with van der Waals surface area (Å²) in [6.07, 6.45) is 47.7. The molecule has 2 unspecified atom stereocenters. The third kappa shape index (κ3) is 29.8. The summed E-state index contributed by atoms with van der Waals surface area (Å²) in [5.74, 6) is -1.69. The number of phosphoric acid groups is 1. The Hall–Kier alpha value is -2.71. The maximum atomic E-state index is 13.0. The molecule has 0 fully saturated rings. The lowest BCUT2D eigenvalue weighted by molar-refractivity contribution is -0.165. The molecule has 0 aliphatic carbocycles. The molecular formula is C43H69O8P. The van der Waals surface area contributed by atoms with Gasteiger partial charge in [-0.1, -0.05) is 137 Å². The zero-order valence-electron chi connectivity index (χ0n) is 32.0. The van der Waals surface area contributed by atoms with Crippen molar-refractivity contribution in [2.75, 3.05) is 6.61 Å². The number of ketones is 2. The molecule has 8 nitrogen and oxygen atoms in total. The average molecular weight is 745 g/mol. The van der Waals surface area contributed by atoms with Crippen LogP contribution in [0.25, 0.3) is 0 Å². The number of unbranched alkanes of at least 4 members (excludes halogenated alkanes) is 8. The molecular weight excluding hydrogens is 675 g/mol. The van der Waals surface area contributed by atoms with Gasteiger partial charge in [0.15, 0.2) is 23.3 Å². The Bertz CT molecular complexity index is 1200. The van der Waals surface area contributed by atoms with E-state index in [-0.39, 0.29) is 12.8 Å². The van der Waals surface area contributed by atoms with E-state index in [1.54, 1.807) is 0 Å². The van der Waals surface area contributed by atoms with Crippen LogP contribution in [-0.4, -0.2) is 49.9 Å². The summed E-state index contributed by atoms with van der Waals surface area (Å²) in [6, 6.07) is 0. The highest BCUT2D eigenvalue weighted by Gasteiger charge is 2.47. The van der Waals surface area contributed by atoms with E-state index in [2.05, 4.69) is 91.3 Å². The lowest BCUT2D eigenvalue weighted by Crippen LogP contribution is -2.56. The molecule has 0 rings (SSSR count). The number of aliphatic hydroxyl groups is 2. The Morgan fingerprint density at radius 2 is 0.885 bits per heavy atom. The second-order valence-corrected chi connectivity index (χ2v) is 14.2. The normalized spacial score (nSPS) is 15.0. The highest BCUT2D eigenvalue weighted by Crippen LogP contribution is 2.37. The van der Waals surface area contributed by atoms with Crippen molar-refractivity contribution in [3.63, 3.8) is 0 Å². The Labute approximate surface area is 315 Å². The van der Waals surface area contributed by atoms with Crippen molar-refractivity contribution in [3.8, 4) is 0 Å². The van der Waals surface area contributed by atoms with Crippen LogP contribution in [0.5, 0.6) is 0 Å². The number of aliphatic hydroxyl groups excluding tert-OH is 1. The quantitative estimate of drug-likeness (QED) is 0.0290. The molecule has 0 saturated heterocycles. The van der Waals surface area contributed by atoms with E-state index >= 15 is 0 Å². The van der Waals surface area contributed by atoms with Crippen LogP contribution in [0.1, 0.15) is 142 Å². The Morgan fingerprint density at radius 1 is 0.558 bits per heavy atom.